The minimum atomic E-state index is 0.00791. The Bertz CT molecular complexity index is 626. The first-order chi connectivity index (χ1) is 9.74. The van der Waals surface area contributed by atoms with Gasteiger partial charge in [-0.3, -0.25) is 0 Å². The van der Waals surface area contributed by atoms with Crippen LogP contribution in [0.4, 0.5) is 5.69 Å². The van der Waals surface area contributed by atoms with Gasteiger partial charge in [-0.2, -0.15) is 5.26 Å². The molecule has 2 aromatic rings. The van der Waals surface area contributed by atoms with E-state index < -0.39 is 0 Å². The average Bonchev–Trinajstić information content (AvgIpc) is 2.49. The van der Waals surface area contributed by atoms with Crippen LogP contribution in [0.5, 0.6) is 5.75 Å². The highest BCUT2D eigenvalue weighted by Gasteiger charge is 2.11. The highest BCUT2D eigenvalue weighted by atomic mass is 16.3. The molecule has 0 aromatic heterocycles. The molecule has 0 bridgehead atoms. The fourth-order valence-electron chi connectivity index (χ4n) is 2.02. The molecule has 2 rings (SSSR count). The van der Waals surface area contributed by atoms with Crippen molar-refractivity contribution in [3.05, 3.63) is 72.3 Å². The number of rotatable bonds is 5. The van der Waals surface area contributed by atoms with Gasteiger partial charge in [0.05, 0.1) is 23.4 Å². The van der Waals surface area contributed by atoms with Crippen LogP contribution in [-0.2, 0) is 0 Å². The van der Waals surface area contributed by atoms with E-state index >= 15 is 0 Å². The Balaban J connectivity index is 2.24. The molecular weight excluding hydrogens is 248 g/mol. The predicted molar refractivity (Wildman–Crippen MR) is 80.4 cm³/mol. The quantitative estimate of drug-likeness (QED) is 0.634. The molecule has 1 atom stereocenters. The fraction of sp³-hybridized carbons (Fsp3) is 0.118. The van der Waals surface area contributed by atoms with Crippen molar-refractivity contribution in [2.24, 2.45) is 0 Å². The number of anilines is 1. The van der Waals surface area contributed by atoms with Gasteiger partial charge in [-0.25, -0.2) is 0 Å². The molecule has 20 heavy (non-hydrogen) atoms. The Morgan fingerprint density at radius 3 is 2.50 bits per heavy atom. The minimum Gasteiger partial charge on any atom is -0.506 e. The maximum absolute atomic E-state index is 9.83. The monoisotopic (exact) mass is 264 g/mol. The summed E-state index contributed by atoms with van der Waals surface area (Å²) in [6, 6.07) is 16.6. The number of hydrogen-bond donors (Lipinski definition) is 2. The largest absolute Gasteiger partial charge is 0.506 e. The molecular formula is C17H16N2O. The van der Waals surface area contributed by atoms with Gasteiger partial charge in [-0.15, -0.1) is 6.58 Å². The lowest BCUT2D eigenvalue weighted by atomic mass is 10.0. The van der Waals surface area contributed by atoms with E-state index in [9.17, 15) is 5.11 Å². The Morgan fingerprint density at radius 2 is 1.90 bits per heavy atom. The Hall–Kier alpha value is -2.73. The fourth-order valence-corrected chi connectivity index (χ4v) is 2.02. The molecule has 0 fully saturated rings. The van der Waals surface area contributed by atoms with Crippen LogP contribution in [0, 0.1) is 11.3 Å². The van der Waals surface area contributed by atoms with Gasteiger partial charge in [0.1, 0.15) is 5.75 Å². The van der Waals surface area contributed by atoms with Crippen molar-refractivity contribution >= 4 is 5.69 Å². The summed E-state index contributed by atoms with van der Waals surface area (Å²) >= 11 is 0. The Morgan fingerprint density at radius 1 is 1.20 bits per heavy atom. The van der Waals surface area contributed by atoms with E-state index in [-0.39, 0.29) is 11.8 Å². The number of nitrogens with zero attached hydrogens (tertiary/aromatic N) is 1. The van der Waals surface area contributed by atoms with Crippen LogP contribution in [0.1, 0.15) is 23.6 Å². The van der Waals surface area contributed by atoms with Crippen molar-refractivity contribution in [1.82, 2.24) is 0 Å². The third kappa shape index (κ3) is 3.18. The maximum atomic E-state index is 9.83. The summed E-state index contributed by atoms with van der Waals surface area (Å²) in [5, 5.41) is 22.0. The van der Waals surface area contributed by atoms with Gasteiger partial charge in [0.15, 0.2) is 0 Å². The summed E-state index contributed by atoms with van der Waals surface area (Å²) < 4.78 is 0. The number of benzene rings is 2. The standard InChI is InChI=1S/C17H16N2O/c1-2-5-15(14-10-8-13(12-18)9-11-14)19-16-6-3-4-7-17(16)20/h2-4,6-11,15,19-20H,1,5H2. The van der Waals surface area contributed by atoms with Crippen molar-refractivity contribution in [3.63, 3.8) is 0 Å². The summed E-state index contributed by atoms with van der Waals surface area (Å²) in [5.74, 6) is 0.218. The van der Waals surface area contributed by atoms with E-state index in [1.54, 1.807) is 24.3 Å². The van der Waals surface area contributed by atoms with E-state index in [1.807, 2.05) is 30.3 Å². The second-order valence-corrected chi connectivity index (χ2v) is 4.47. The molecule has 0 aliphatic carbocycles. The zero-order chi connectivity index (χ0) is 14.4. The van der Waals surface area contributed by atoms with Crippen molar-refractivity contribution in [2.45, 2.75) is 12.5 Å². The molecule has 0 amide bonds. The second kappa shape index (κ2) is 6.44. The summed E-state index contributed by atoms with van der Waals surface area (Å²) in [7, 11) is 0. The molecule has 1 unspecified atom stereocenters. The van der Waals surface area contributed by atoms with Gasteiger partial charge in [0, 0.05) is 0 Å². The van der Waals surface area contributed by atoms with E-state index in [2.05, 4.69) is 18.0 Å². The molecule has 0 saturated carbocycles. The molecule has 100 valence electrons. The number of hydrogen-bond acceptors (Lipinski definition) is 3. The van der Waals surface area contributed by atoms with Gasteiger partial charge in [-0.1, -0.05) is 30.3 Å². The van der Waals surface area contributed by atoms with Crippen LogP contribution in [0.25, 0.3) is 0 Å². The number of para-hydroxylation sites is 2. The predicted octanol–water partition coefficient (Wildman–Crippen LogP) is 3.99. The molecule has 0 heterocycles. The molecule has 0 aliphatic heterocycles. The third-order valence-corrected chi connectivity index (χ3v) is 3.08. The van der Waals surface area contributed by atoms with E-state index in [4.69, 9.17) is 5.26 Å². The summed E-state index contributed by atoms with van der Waals surface area (Å²) in [4.78, 5) is 0. The minimum absolute atomic E-state index is 0.00791. The summed E-state index contributed by atoms with van der Waals surface area (Å²) in [6.45, 7) is 3.77. The van der Waals surface area contributed by atoms with E-state index in [0.717, 1.165) is 12.0 Å². The smallest absolute Gasteiger partial charge is 0.138 e. The van der Waals surface area contributed by atoms with Crippen LogP contribution in [0.3, 0.4) is 0 Å². The second-order valence-electron chi connectivity index (χ2n) is 4.47. The summed E-state index contributed by atoms with van der Waals surface area (Å²) in [5.41, 5.74) is 2.37. The zero-order valence-electron chi connectivity index (χ0n) is 11.1. The van der Waals surface area contributed by atoms with Gasteiger partial charge in [0.2, 0.25) is 0 Å². The number of phenolic OH excluding ortho intramolecular Hbond substituents is 1. The van der Waals surface area contributed by atoms with Crippen molar-refractivity contribution in [2.75, 3.05) is 5.32 Å². The molecule has 2 aromatic carbocycles. The van der Waals surface area contributed by atoms with Crippen LogP contribution < -0.4 is 5.32 Å². The SMILES string of the molecule is C=CCC(Nc1ccccc1O)c1ccc(C#N)cc1. The number of nitriles is 1. The van der Waals surface area contributed by atoms with E-state index in [0.29, 0.717) is 11.3 Å². The normalized spacial score (nSPS) is 11.3. The third-order valence-electron chi connectivity index (χ3n) is 3.08. The highest BCUT2D eigenvalue weighted by Crippen LogP contribution is 2.28. The van der Waals surface area contributed by atoms with Crippen molar-refractivity contribution in [1.29, 1.82) is 5.26 Å². The van der Waals surface area contributed by atoms with Gasteiger partial charge in [-0.05, 0) is 36.2 Å². The van der Waals surface area contributed by atoms with Gasteiger partial charge in [0.25, 0.3) is 0 Å². The van der Waals surface area contributed by atoms with Crippen LogP contribution in [-0.4, -0.2) is 5.11 Å². The summed E-state index contributed by atoms with van der Waals surface area (Å²) in [6.07, 6.45) is 2.55. The van der Waals surface area contributed by atoms with Crippen LogP contribution in [0.2, 0.25) is 0 Å². The average molecular weight is 264 g/mol. The molecule has 3 heteroatoms. The van der Waals surface area contributed by atoms with Gasteiger partial charge < -0.3 is 10.4 Å². The van der Waals surface area contributed by atoms with E-state index in [1.165, 1.54) is 0 Å². The number of phenols is 1. The highest BCUT2D eigenvalue weighted by molar-refractivity contribution is 5.56. The lowest BCUT2D eigenvalue weighted by Gasteiger charge is -2.19. The van der Waals surface area contributed by atoms with Crippen LogP contribution >= 0.6 is 0 Å². The molecule has 0 saturated heterocycles. The lowest BCUT2D eigenvalue weighted by molar-refractivity contribution is 0.476. The first kappa shape index (κ1) is 13.7. The van der Waals surface area contributed by atoms with Gasteiger partial charge >= 0.3 is 0 Å². The lowest BCUT2D eigenvalue weighted by Crippen LogP contribution is -2.10. The molecule has 0 aliphatic rings. The molecule has 0 spiro atoms. The maximum Gasteiger partial charge on any atom is 0.138 e. The Labute approximate surface area is 118 Å². The number of aromatic hydroxyl groups is 1. The molecule has 2 N–H and O–H groups in total. The first-order valence-electron chi connectivity index (χ1n) is 6.40. The van der Waals surface area contributed by atoms with Crippen molar-refractivity contribution < 1.29 is 5.11 Å². The van der Waals surface area contributed by atoms with Crippen LogP contribution in [0.15, 0.2) is 61.2 Å². The molecule has 3 nitrogen and oxygen atoms in total. The zero-order valence-corrected chi connectivity index (χ0v) is 11.1. The number of nitrogens with one attached hydrogen (secondary N) is 1. The molecule has 0 radical (unpaired) electrons. The Kier molecular flexibility index (Phi) is 4.41. The van der Waals surface area contributed by atoms with Crippen molar-refractivity contribution in [3.8, 4) is 11.8 Å². The topological polar surface area (TPSA) is 56.0 Å². The first-order valence-corrected chi connectivity index (χ1v) is 6.40.